The minimum Gasteiger partial charge on any atom is -0.468 e. The number of unbranched alkanes of at least 4 members (excludes halogenated alkanes) is 1. The van der Waals surface area contributed by atoms with Crippen molar-refractivity contribution in [2.24, 2.45) is 5.41 Å². The zero-order chi connectivity index (χ0) is 16.4. The fourth-order valence-corrected chi connectivity index (χ4v) is 2.05. The summed E-state index contributed by atoms with van der Waals surface area (Å²) in [5, 5.41) is 3.30. The minimum absolute atomic E-state index is 0.176. The second-order valence-electron chi connectivity index (χ2n) is 7.13. The summed E-state index contributed by atoms with van der Waals surface area (Å²) in [6, 6.07) is 0. The summed E-state index contributed by atoms with van der Waals surface area (Å²) >= 11 is 0. The summed E-state index contributed by atoms with van der Waals surface area (Å²) in [5.41, 5.74) is -0.246. The molecule has 4 heteroatoms. The minimum atomic E-state index is -0.573. The van der Waals surface area contributed by atoms with Gasteiger partial charge < -0.3 is 14.8 Å². The van der Waals surface area contributed by atoms with Crippen molar-refractivity contribution in [3.63, 3.8) is 0 Å². The second-order valence-corrected chi connectivity index (χ2v) is 7.13. The van der Waals surface area contributed by atoms with Crippen LogP contribution in [0.4, 0.5) is 0 Å². The SMILES string of the molecule is CCCNC(C)(CCCCOCCC(C)(C)C)C(=O)OC. The maximum atomic E-state index is 11.9. The molecule has 1 N–H and O–H groups in total. The van der Waals surface area contributed by atoms with Gasteiger partial charge in [0.25, 0.3) is 0 Å². The highest BCUT2D eigenvalue weighted by molar-refractivity contribution is 5.80. The fourth-order valence-electron chi connectivity index (χ4n) is 2.05. The molecule has 0 saturated carbocycles. The molecule has 21 heavy (non-hydrogen) atoms. The monoisotopic (exact) mass is 301 g/mol. The van der Waals surface area contributed by atoms with E-state index in [-0.39, 0.29) is 5.97 Å². The molecule has 0 spiro atoms. The first-order valence-corrected chi connectivity index (χ1v) is 8.16. The largest absolute Gasteiger partial charge is 0.468 e. The van der Waals surface area contributed by atoms with Crippen molar-refractivity contribution < 1.29 is 14.3 Å². The van der Waals surface area contributed by atoms with E-state index in [1.807, 2.05) is 6.92 Å². The Balaban J connectivity index is 3.91. The lowest BCUT2D eigenvalue weighted by Crippen LogP contribution is -2.50. The normalized spacial score (nSPS) is 14.8. The van der Waals surface area contributed by atoms with Crippen LogP contribution in [0.3, 0.4) is 0 Å². The first kappa shape index (κ1) is 20.4. The molecule has 126 valence electrons. The van der Waals surface area contributed by atoms with Crippen LogP contribution in [-0.4, -0.2) is 38.4 Å². The molecule has 4 nitrogen and oxygen atoms in total. The summed E-state index contributed by atoms with van der Waals surface area (Å²) in [6.07, 6.45) is 4.79. The highest BCUT2D eigenvalue weighted by Crippen LogP contribution is 2.19. The zero-order valence-corrected chi connectivity index (χ0v) is 14.9. The number of rotatable bonds is 11. The lowest BCUT2D eigenvalue weighted by molar-refractivity contribution is -0.148. The van der Waals surface area contributed by atoms with Crippen LogP contribution in [0.2, 0.25) is 0 Å². The molecule has 0 aliphatic rings. The van der Waals surface area contributed by atoms with Crippen molar-refractivity contribution in [3.8, 4) is 0 Å². The summed E-state index contributed by atoms with van der Waals surface area (Å²) in [5.74, 6) is -0.176. The topological polar surface area (TPSA) is 47.6 Å². The molecule has 0 radical (unpaired) electrons. The molecular weight excluding hydrogens is 266 g/mol. The van der Waals surface area contributed by atoms with E-state index >= 15 is 0 Å². The van der Waals surface area contributed by atoms with Crippen LogP contribution in [0.1, 0.15) is 66.7 Å². The zero-order valence-electron chi connectivity index (χ0n) is 14.9. The molecule has 1 unspecified atom stereocenters. The van der Waals surface area contributed by atoms with E-state index in [0.29, 0.717) is 5.41 Å². The predicted octanol–water partition coefficient (Wildman–Crippen LogP) is 3.54. The highest BCUT2D eigenvalue weighted by Gasteiger charge is 2.32. The Hall–Kier alpha value is -0.610. The van der Waals surface area contributed by atoms with Crippen LogP contribution in [0.15, 0.2) is 0 Å². The van der Waals surface area contributed by atoms with E-state index in [2.05, 4.69) is 33.0 Å². The molecule has 1 atom stereocenters. The van der Waals surface area contributed by atoms with Gasteiger partial charge in [-0.25, -0.2) is 0 Å². The van der Waals surface area contributed by atoms with Crippen LogP contribution in [-0.2, 0) is 14.3 Å². The van der Waals surface area contributed by atoms with E-state index in [9.17, 15) is 4.79 Å². The van der Waals surface area contributed by atoms with Gasteiger partial charge in [-0.05, 0) is 51.0 Å². The molecule has 0 saturated heterocycles. The van der Waals surface area contributed by atoms with Crippen molar-refractivity contribution in [1.82, 2.24) is 5.32 Å². The molecule has 0 fully saturated rings. The second kappa shape index (κ2) is 10.2. The Kier molecular flexibility index (Phi) is 9.88. The van der Waals surface area contributed by atoms with Crippen molar-refractivity contribution in [1.29, 1.82) is 0 Å². The van der Waals surface area contributed by atoms with Crippen LogP contribution in [0, 0.1) is 5.41 Å². The van der Waals surface area contributed by atoms with Gasteiger partial charge in [0.15, 0.2) is 0 Å². The van der Waals surface area contributed by atoms with Gasteiger partial charge in [-0.1, -0.05) is 27.7 Å². The van der Waals surface area contributed by atoms with Gasteiger partial charge in [0.05, 0.1) is 7.11 Å². The molecule has 0 aromatic rings. The van der Waals surface area contributed by atoms with Gasteiger partial charge >= 0.3 is 5.97 Å². The first-order chi connectivity index (χ1) is 9.75. The van der Waals surface area contributed by atoms with Gasteiger partial charge in [0.1, 0.15) is 5.54 Å². The molecule has 0 bridgehead atoms. The number of hydrogen-bond donors (Lipinski definition) is 1. The molecule has 0 aromatic carbocycles. The molecule has 0 aliphatic heterocycles. The maximum Gasteiger partial charge on any atom is 0.325 e. The van der Waals surface area contributed by atoms with E-state index in [0.717, 1.165) is 51.9 Å². The Morgan fingerprint density at radius 1 is 1.05 bits per heavy atom. The van der Waals surface area contributed by atoms with Crippen LogP contribution < -0.4 is 5.32 Å². The third-order valence-electron chi connectivity index (χ3n) is 3.61. The predicted molar refractivity (Wildman–Crippen MR) is 87.5 cm³/mol. The average molecular weight is 301 g/mol. The number of ether oxygens (including phenoxy) is 2. The van der Waals surface area contributed by atoms with Crippen LogP contribution in [0.25, 0.3) is 0 Å². The fraction of sp³-hybridized carbons (Fsp3) is 0.941. The molecule has 0 amide bonds. The Bertz CT molecular complexity index is 286. The molecule has 0 aromatic heterocycles. The van der Waals surface area contributed by atoms with E-state index < -0.39 is 5.54 Å². The first-order valence-electron chi connectivity index (χ1n) is 8.16. The third kappa shape index (κ3) is 9.86. The van der Waals surface area contributed by atoms with E-state index in [4.69, 9.17) is 9.47 Å². The lowest BCUT2D eigenvalue weighted by atomic mass is 9.93. The van der Waals surface area contributed by atoms with Crippen LogP contribution >= 0.6 is 0 Å². The van der Waals surface area contributed by atoms with Gasteiger partial charge in [0, 0.05) is 13.2 Å². The summed E-state index contributed by atoms with van der Waals surface area (Å²) in [6.45, 7) is 13.1. The smallest absolute Gasteiger partial charge is 0.325 e. The van der Waals surface area contributed by atoms with Gasteiger partial charge in [-0.3, -0.25) is 4.79 Å². The highest BCUT2D eigenvalue weighted by atomic mass is 16.5. The number of hydrogen-bond acceptors (Lipinski definition) is 4. The average Bonchev–Trinajstić information content (AvgIpc) is 2.42. The Morgan fingerprint density at radius 3 is 2.24 bits per heavy atom. The standard InChI is InChI=1S/C17H35NO3/c1-7-12-18-17(5,15(19)20-6)10-8-9-13-21-14-11-16(2,3)4/h18H,7-14H2,1-6H3. The Labute approximate surface area is 131 Å². The molecular formula is C17H35NO3. The van der Waals surface area contributed by atoms with Crippen molar-refractivity contribution in [3.05, 3.63) is 0 Å². The van der Waals surface area contributed by atoms with Crippen molar-refractivity contribution >= 4 is 5.97 Å². The van der Waals surface area contributed by atoms with Crippen LogP contribution in [0.5, 0.6) is 0 Å². The Morgan fingerprint density at radius 2 is 1.71 bits per heavy atom. The van der Waals surface area contributed by atoms with Gasteiger partial charge in [-0.15, -0.1) is 0 Å². The number of carbonyl (C=O) groups excluding carboxylic acids is 1. The quantitative estimate of drug-likeness (QED) is 0.468. The van der Waals surface area contributed by atoms with E-state index in [1.165, 1.54) is 7.11 Å². The molecule has 0 aliphatic carbocycles. The summed E-state index contributed by atoms with van der Waals surface area (Å²) in [7, 11) is 1.45. The third-order valence-corrected chi connectivity index (χ3v) is 3.61. The lowest BCUT2D eigenvalue weighted by Gasteiger charge is -2.28. The van der Waals surface area contributed by atoms with Gasteiger partial charge in [0.2, 0.25) is 0 Å². The molecule has 0 heterocycles. The van der Waals surface area contributed by atoms with E-state index in [1.54, 1.807) is 0 Å². The van der Waals surface area contributed by atoms with Crippen molar-refractivity contribution in [2.75, 3.05) is 26.9 Å². The summed E-state index contributed by atoms with van der Waals surface area (Å²) in [4.78, 5) is 11.9. The molecule has 0 rings (SSSR count). The van der Waals surface area contributed by atoms with Crippen molar-refractivity contribution in [2.45, 2.75) is 72.3 Å². The number of esters is 1. The number of methoxy groups -OCH3 is 1. The summed E-state index contributed by atoms with van der Waals surface area (Å²) < 4.78 is 10.6. The number of carbonyl (C=O) groups is 1. The van der Waals surface area contributed by atoms with Gasteiger partial charge in [-0.2, -0.15) is 0 Å². The number of nitrogens with one attached hydrogen (secondary N) is 1. The maximum absolute atomic E-state index is 11.9.